The fraction of sp³-hybridized carbons (Fsp3) is 0.0435. The summed E-state index contributed by atoms with van der Waals surface area (Å²) in [6, 6.07) is 16.6. The van der Waals surface area contributed by atoms with Gasteiger partial charge in [-0.1, -0.05) is 30.3 Å². The van der Waals surface area contributed by atoms with E-state index in [1.807, 2.05) is 24.3 Å². The molecule has 32 heavy (non-hydrogen) atoms. The van der Waals surface area contributed by atoms with Crippen LogP contribution in [-0.2, 0) is 6.18 Å². The molecule has 5 aromatic rings. The SMILES string of the molecule is O=C(Nc1ccc(-n2cnc3ccccc32)nc1)c1cnc2ccccc2c1C(F)(F)F. The number of hydrogen-bond acceptors (Lipinski definition) is 4. The van der Waals surface area contributed by atoms with E-state index < -0.39 is 23.2 Å². The van der Waals surface area contributed by atoms with Crippen LogP contribution in [0.25, 0.3) is 27.8 Å². The van der Waals surface area contributed by atoms with Gasteiger partial charge in [-0.25, -0.2) is 9.97 Å². The highest BCUT2D eigenvalue weighted by Gasteiger charge is 2.37. The van der Waals surface area contributed by atoms with E-state index in [9.17, 15) is 18.0 Å². The van der Waals surface area contributed by atoms with Gasteiger partial charge in [-0.3, -0.25) is 14.3 Å². The Balaban J connectivity index is 1.46. The first-order valence-corrected chi connectivity index (χ1v) is 9.56. The van der Waals surface area contributed by atoms with E-state index >= 15 is 0 Å². The van der Waals surface area contributed by atoms with E-state index in [0.717, 1.165) is 17.2 Å². The third kappa shape index (κ3) is 3.43. The normalized spacial score (nSPS) is 11.7. The number of anilines is 1. The number of nitrogens with one attached hydrogen (secondary N) is 1. The van der Waals surface area contributed by atoms with Crippen LogP contribution in [0.4, 0.5) is 18.9 Å². The smallest absolute Gasteiger partial charge is 0.321 e. The van der Waals surface area contributed by atoms with Crippen molar-refractivity contribution in [3.05, 3.63) is 90.5 Å². The van der Waals surface area contributed by atoms with Crippen molar-refractivity contribution < 1.29 is 18.0 Å². The van der Waals surface area contributed by atoms with Crippen LogP contribution in [0.5, 0.6) is 0 Å². The molecule has 0 aliphatic heterocycles. The number of carbonyl (C=O) groups excluding carboxylic acids is 1. The molecule has 9 heteroatoms. The largest absolute Gasteiger partial charge is 0.417 e. The lowest BCUT2D eigenvalue weighted by Gasteiger charge is -2.15. The summed E-state index contributed by atoms with van der Waals surface area (Å²) in [5, 5.41) is 2.35. The van der Waals surface area contributed by atoms with Gasteiger partial charge in [0.2, 0.25) is 0 Å². The molecule has 1 N–H and O–H groups in total. The van der Waals surface area contributed by atoms with Crippen molar-refractivity contribution >= 4 is 33.5 Å². The fourth-order valence-corrected chi connectivity index (χ4v) is 3.56. The number of hydrogen-bond donors (Lipinski definition) is 1. The number of rotatable bonds is 3. The number of para-hydroxylation sites is 3. The molecule has 5 rings (SSSR count). The number of carbonyl (C=O) groups is 1. The number of alkyl halides is 3. The third-order valence-electron chi connectivity index (χ3n) is 5.01. The molecule has 1 amide bonds. The summed E-state index contributed by atoms with van der Waals surface area (Å²) in [5.41, 5.74) is 0.499. The molecular formula is C23H14F3N5O. The van der Waals surface area contributed by atoms with Crippen LogP contribution in [0.2, 0.25) is 0 Å². The maximum Gasteiger partial charge on any atom is 0.417 e. The van der Waals surface area contributed by atoms with Crippen LogP contribution in [0.3, 0.4) is 0 Å². The first-order chi connectivity index (χ1) is 15.4. The highest BCUT2D eigenvalue weighted by molar-refractivity contribution is 6.07. The number of pyridine rings is 2. The van der Waals surface area contributed by atoms with E-state index in [1.54, 1.807) is 29.1 Å². The van der Waals surface area contributed by atoms with Gasteiger partial charge in [0, 0.05) is 11.6 Å². The molecule has 0 saturated heterocycles. The van der Waals surface area contributed by atoms with Crippen molar-refractivity contribution in [3.8, 4) is 5.82 Å². The van der Waals surface area contributed by atoms with Gasteiger partial charge in [0.05, 0.1) is 39.6 Å². The predicted molar refractivity (Wildman–Crippen MR) is 114 cm³/mol. The van der Waals surface area contributed by atoms with Gasteiger partial charge in [0.25, 0.3) is 5.91 Å². The zero-order valence-electron chi connectivity index (χ0n) is 16.3. The molecule has 0 saturated carbocycles. The molecule has 0 aliphatic rings. The molecule has 3 heterocycles. The van der Waals surface area contributed by atoms with Crippen LogP contribution in [0.15, 0.2) is 79.4 Å². The van der Waals surface area contributed by atoms with Crippen LogP contribution >= 0.6 is 0 Å². The summed E-state index contributed by atoms with van der Waals surface area (Å²) < 4.78 is 43.1. The second-order valence-corrected chi connectivity index (χ2v) is 7.02. The van der Waals surface area contributed by atoms with Gasteiger partial charge in [0.15, 0.2) is 0 Å². The van der Waals surface area contributed by atoms with Crippen molar-refractivity contribution in [1.82, 2.24) is 19.5 Å². The lowest BCUT2D eigenvalue weighted by atomic mass is 10.0. The van der Waals surface area contributed by atoms with Crippen LogP contribution < -0.4 is 5.32 Å². The Kier molecular flexibility index (Phi) is 4.58. The number of halogens is 3. The Bertz CT molecular complexity index is 1460. The second-order valence-electron chi connectivity index (χ2n) is 7.02. The van der Waals surface area contributed by atoms with Crippen molar-refractivity contribution in [3.63, 3.8) is 0 Å². The lowest BCUT2D eigenvalue weighted by Crippen LogP contribution is -2.20. The molecule has 2 aromatic carbocycles. The minimum absolute atomic E-state index is 0.131. The first kappa shape index (κ1) is 19.7. The highest BCUT2D eigenvalue weighted by atomic mass is 19.4. The number of aromatic nitrogens is 4. The van der Waals surface area contributed by atoms with E-state index in [-0.39, 0.29) is 16.6 Å². The number of imidazole rings is 1. The Hall–Kier alpha value is -4.27. The highest BCUT2D eigenvalue weighted by Crippen LogP contribution is 2.37. The van der Waals surface area contributed by atoms with Gasteiger partial charge in [-0.15, -0.1) is 0 Å². The topological polar surface area (TPSA) is 72.7 Å². The van der Waals surface area contributed by atoms with Gasteiger partial charge in [0.1, 0.15) is 12.1 Å². The van der Waals surface area contributed by atoms with E-state index in [2.05, 4.69) is 20.3 Å². The molecule has 0 fully saturated rings. The molecule has 0 aliphatic carbocycles. The summed E-state index contributed by atoms with van der Waals surface area (Å²) in [7, 11) is 0. The molecule has 0 spiro atoms. The van der Waals surface area contributed by atoms with E-state index in [0.29, 0.717) is 5.82 Å². The monoisotopic (exact) mass is 433 g/mol. The molecule has 0 atom stereocenters. The van der Waals surface area contributed by atoms with Crippen LogP contribution in [0, 0.1) is 0 Å². The maximum atomic E-state index is 13.8. The van der Waals surface area contributed by atoms with Crippen LogP contribution in [0.1, 0.15) is 15.9 Å². The summed E-state index contributed by atoms with van der Waals surface area (Å²) in [6.07, 6.45) is -0.773. The lowest BCUT2D eigenvalue weighted by molar-refractivity contribution is -0.136. The zero-order valence-corrected chi connectivity index (χ0v) is 16.3. The molecule has 6 nitrogen and oxygen atoms in total. The Morgan fingerprint density at radius 3 is 2.34 bits per heavy atom. The molecule has 0 unspecified atom stereocenters. The first-order valence-electron chi connectivity index (χ1n) is 9.56. The van der Waals surface area contributed by atoms with Gasteiger partial charge in [-0.05, 0) is 30.3 Å². The summed E-state index contributed by atoms with van der Waals surface area (Å²) in [6.45, 7) is 0. The Morgan fingerprint density at radius 2 is 1.59 bits per heavy atom. The van der Waals surface area contributed by atoms with Crippen molar-refractivity contribution in [2.75, 3.05) is 5.32 Å². The van der Waals surface area contributed by atoms with Crippen molar-refractivity contribution in [2.45, 2.75) is 6.18 Å². The molecule has 0 bridgehead atoms. The maximum absolute atomic E-state index is 13.8. The van der Waals surface area contributed by atoms with Crippen LogP contribution in [-0.4, -0.2) is 25.4 Å². The average molecular weight is 433 g/mol. The van der Waals surface area contributed by atoms with Gasteiger partial charge < -0.3 is 5.32 Å². The van der Waals surface area contributed by atoms with Crippen molar-refractivity contribution in [2.24, 2.45) is 0 Å². The fourth-order valence-electron chi connectivity index (χ4n) is 3.56. The molecule has 0 radical (unpaired) electrons. The molecule has 158 valence electrons. The number of amides is 1. The molecule has 3 aromatic heterocycles. The number of fused-ring (bicyclic) bond motifs is 2. The van der Waals surface area contributed by atoms with E-state index in [4.69, 9.17) is 0 Å². The van der Waals surface area contributed by atoms with Crippen molar-refractivity contribution in [1.29, 1.82) is 0 Å². The Morgan fingerprint density at radius 1 is 0.844 bits per heavy atom. The van der Waals surface area contributed by atoms with Gasteiger partial charge >= 0.3 is 6.18 Å². The predicted octanol–water partition coefficient (Wildman–Crippen LogP) is 5.24. The second kappa shape index (κ2) is 7.45. The summed E-state index contributed by atoms with van der Waals surface area (Å²) in [5.74, 6) is -0.363. The standard InChI is InChI=1S/C23H14F3N5O/c24-23(25,26)21-15-5-1-2-6-17(15)27-12-16(21)22(32)30-14-9-10-20(28-11-14)31-13-29-18-7-3-4-8-19(18)31/h1-13H,(H,30,32). The van der Waals surface area contributed by atoms with E-state index in [1.165, 1.54) is 24.4 Å². The summed E-state index contributed by atoms with van der Waals surface area (Å²) in [4.78, 5) is 25.3. The minimum atomic E-state index is -4.72. The van der Waals surface area contributed by atoms with Gasteiger partial charge in [-0.2, -0.15) is 13.2 Å². The number of benzene rings is 2. The summed E-state index contributed by atoms with van der Waals surface area (Å²) >= 11 is 0. The molecular weight excluding hydrogens is 419 g/mol. The third-order valence-corrected chi connectivity index (χ3v) is 5.01. The zero-order chi connectivity index (χ0) is 22.3. The minimum Gasteiger partial charge on any atom is -0.321 e. The Labute approximate surface area is 179 Å². The number of nitrogens with zero attached hydrogens (tertiary/aromatic N) is 4. The quantitative estimate of drug-likeness (QED) is 0.422. The average Bonchev–Trinajstić information content (AvgIpc) is 3.22.